The van der Waals surface area contributed by atoms with Gasteiger partial charge in [-0.25, -0.2) is 9.18 Å². The van der Waals surface area contributed by atoms with Crippen LogP contribution in [-0.4, -0.2) is 57.9 Å². The second kappa shape index (κ2) is 11.9. The zero-order valence-corrected chi connectivity index (χ0v) is 26.1. The normalized spacial score (nSPS) is 27.7. The van der Waals surface area contributed by atoms with Crippen LogP contribution in [0.1, 0.15) is 29.9 Å². The van der Waals surface area contributed by atoms with Crippen LogP contribution in [0.2, 0.25) is 5.02 Å². The van der Waals surface area contributed by atoms with E-state index < -0.39 is 70.5 Å². The summed E-state index contributed by atoms with van der Waals surface area (Å²) >= 11 is 6.31. The third-order valence-corrected chi connectivity index (χ3v) is 10.3. The number of anilines is 1. The molecule has 3 aromatic rings. The van der Waals surface area contributed by atoms with Crippen molar-refractivity contribution in [2.24, 2.45) is 29.4 Å². The lowest BCUT2D eigenvalue weighted by Gasteiger charge is -2.50. The van der Waals surface area contributed by atoms with Crippen LogP contribution < -0.4 is 15.9 Å². The first-order valence-electron chi connectivity index (χ1n) is 15.5. The number of aliphatic hydroxyl groups is 1. The van der Waals surface area contributed by atoms with Crippen LogP contribution in [0.5, 0.6) is 5.75 Å². The summed E-state index contributed by atoms with van der Waals surface area (Å²) in [4.78, 5) is 69.5. The predicted octanol–water partition coefficient (Wildman–Crippen LogP) is 3.91. The van der Waals surface area contributed by atoms with Crippen molar-refractivity contribution in [2.75, 3.05) is 18.6 Å². The van der Waals surface area contributed by atoms with Gasteiger partial charge in [0.05, 0.1) is 35.5 Å². The summed E-state index contributed by atoms with van der Waals surface area (Å²) in [5.74, 6) is -7.38. The summed E-state index contributed by atoms with van der Waals surface area (Å²) in [6, 6.07) is 17.6. The van der Waals surface area contributed by atoms with Gasteiger partial charge in [-0.2, -0.15) is 9.91 Å². The summed E-state index contributed by atoms with van der Waals surface area (Å²) in [6.07, 6.45) is 1.92. The van der Waals surface area contributed by atoms with E-state index in [9.17, 15) is 28.7 Å². The molecule has 3 aromatic carbocycles. The maximum absolute atomic E-state index is 15.1. The molecule has 2 heterocycles. The van der Waals surface area contributed by atoms with Gasteiger partial charge in [0, 0.05) is 16.5 Å². The number of halogens is 2. The highest BCUT2D eigenvalue weighted by atomic mass is 35.5. The number of nitrogens with two attached hydrogens (primary N) is 1. The molecule has 0 radical (unpaired) electrons. The Morgan fingerprint density at radius 1 is 0.979 bits per heavy atom. The Hall–Kier alpha value is -5.07. The van der Waals surface area contributed by atoms with E-state index in [0.717, 1.165) is 5.01 Å². The lowest BCUT2D eigenvalue weighted by atomic mass is 9.49. The van der Waals surface area contributed by atoms with Crippen LogP contribution >= 0.6 is 11.6 Å². The molecule has 0 bridgehead atoms. The van der Waals surface area contributed by atoms with Crippen LogP contribution in [0.4, 0.5) is 14.9 Å². The van der Waals surface area contributed by atoms with E-state index in [1.165, 1.54) is 24.3 Å². The second-order valence-electron chi connectivity index (χ2n) is 12.3. The van der Waals surface area contributed by atoms with E-state index in [4.69, 9.17) is 22.1 Å². The molecule has 0 aromatic heterocycles. The van der Waals surface area contributed by atoms with Gasteiger partial charge in [0.15, 0.2) is 0 Å². The standard InChI is InChI=1S/C35H30ClFN4O7/c36-19-7-5-18(6-8-19)35-26(31(44)41(33(35)46)39-21-11-9-20(37)10-12-21)17-25-22(29(35)23-3-1-2-4-27(23)48-16-15-42)13-14-24-28(25)32(45)40(30(24)43)34(38)47/h1-13,24-26,28-29,39,42H,14-17H2,(H2,38,47)/t24-,25+,26-,28-,29+,35+/m0/s1. The van der Waals surface area contributed by atoms with Gasteiger partial charge in [-0.1, -0.05) is 53.6 Å². The third-order valence-electron chi connectivity index (χ3n) is 10.1. The van der Waals surface area contributed by atoms with Crippen LogP contribution in [0, 0.1) is 29.5 Å². The third kappa shape index (κ3) is 4.61. The number of nitrogens with one attached hydrogen (secondary N) is 1. The number of hydrogen-bond donors (Lipinski definition) is 3. The highest BCUT2D eigenvalue weighted by molar-refractivity contribution is 6.30. The number of likely N-dealkylation sites (tertiary alicyclic amines) is 1. The molecule has 7 rings (SSSR count). The monoisotopic (exact) mass is 672 g/mol. The van der Waals surface area contributed by atoms with Crippen molar-refractivity contribution in [2.45, 2.75) is 24.2 Å². The highest BCUT2D eigenvalue weighted by Gasteiger charge is 2.70. The number of nitrogens with zero attached hydrogens (tertiary/aromatic N) is 2. The fourth-order valence-electron chi connectivity index (χ4n) is 8.22. The molecule has 2 saturated heterocycles. The lowest BCUT2D eigenvalue weighted by molar-refractivity contribution is -0.139. The van der Waals surface area contributed by atoms with Gasteiger partial charge in [0.25, 0.3) is 11.8 Å². The van der Waals surface area contributed by atoms with Crippen molar-refractivity contribution in [3.05, 3.63) is 106 Å². The number of carbonyl (C=O) groups is 5. The average molecular weight is 673 g/mol. The maximum Gasteiger partial charge on any atom is 0.328 e. The number of urea groups is 1. The van der Waals surface area contributed by atoms with E-state index in [-0.39, 0.29) is 31.7 Å². The average Bonchev–Trinajstić information content (AvgIpc) is 3.46. The molecule has 1 saturated carbocycles. The number of imide groups is 4. The zero-order chi connectivity index (χ0) is 33.9. The molecule has 6 amide bonds. The number of carbonyl (C=O) groups excluding carboxylic acids is 5. The Balaban J connectivity index is 1.47. The Morgan fingerprint density at radius 3 is 2.38 bits per heavy atom. The number of hydrogen-bond acceptors (Lipinski definition) is 8. The molecule has 4 N–H and O–H groups in total. The van der Waals surface area contributed by atoms with Crippen LogP contribution in [0.25, 0.3) is 0 Å². The van der Waals surface area contributed by atoms with Crippen molar-refractivity contribution < 1.29 is 38.2 Å². The van der Waals surface area contributed by atoms with Crippen molar-refractivity contribution in [1.82, 2.24) is 9.91 Å². The quantitative estimate of drug-likeness (QED) is 0.252. The van der Waals surface area contributed by atoms with Gasteiger partial charge in [-0.05, 0) is 66.8 Å². The summed E-state index contributed by atoms with van der Waals surface area (Å²) in [5.41, 5.74) is 8.67. The number of rotatable bonds is 7. The van der Waals surface area contributed by atoms with Crippen LogP contribution in [0.3, 0.4) is 0 Å². The highest BCUT2D eigenvalue weighted by Crippen LogP contribution is 2.65. The SMILES string of the molecule is NC(=O)N1C(=O)[C@H]2[C@H](CC=C3[C@H]2C[C@H]2C(=O)N(Nc4ccc(F)cc4)C(=O)[C@@]2(c2ccc(Cl)cc2)[C@H]3c2ccccc2OCCO)C1=O. The number of primary amides is 1. The fourth-order valence-corrected chi connectivity index (χ4v) is 8.35. The Bertz CT molecular complexity index is 1880. The topological polar surface area (TPSA) is 159 Å². The molecule has 3 fully saturated rings. The second-order valence-corrected chi connectivity index (χ2v) is 12.8. The molecule has 48 heavy (non-hydrogen) atoms. The van der Waals surface area contributed by atoms with Crippen molar-refractivity contribution in [3.63, 3.8) is 0 Å². The Morgan fingerprint density at radius 2 is 1.69 bits per heavy atom. The number of benzene rings is 3. The Labute approximate surface area is 279 Å². The first-order chi connectivity index (χ1) is 23.1. The number of hydrazine groups is 1. The largest absolute Gasteiger partial charge is 0.491 e. The first kappa shape index (κ1) is 31.5. The van der Waals surface area contributed by atoms with Gasteiger partial charge < -0.3 is 15.6 Å². The summed E-state index contributed by atoms with van der Waals surface area (Å²) < 4.78 is 19.8. The number of aliphatic hydroxyl groups excluding tert-OH is 1. The molecule has 0 spiro atoms. The van der Waals surface area contributed by atoms with Crippen LogP contribution in [-0.2, 0) is 24.6 Å². The molecular formula is C35H30ClFN4O7. The van der Waals surface area contributed by atoms with Crippen molar-refractivity contribution in [3.8, 4) is 5.75 Å². The van der Waals surface area contributed by atoms with E-state index in [1.54, 1.807) is 48.5 Å². The molecule has 246 valence electrons. The summed E-state index contributed by atoms with van der Waals surface area (Å²) in [5, 5.41) is 11.0. The Kier molecular flexibility index (Phi) is 7.80. The molecule has 6 atom stereocenters. The molecule has 13 heteroatoms. The molecule has 2 aliphatic carbocycles. The smallest absolute Gasteiger partial charge is 0.328 e. The molecule has 4 aliphatic rings. The van der Waals surface area contributed by atoms with Gasteiger partial charge in [0.2, 0.25) is 11.8 Å². The minimum Gasteiger partial charge on any atom is -0.491 e. The number of fused-ring (bicyclic) bond motifs is 4. The maximum atomic E-state index is 15.1. The zero-order valence-electron chi connectivity index (χ0n) is 25.3. The number of para-hydroxylation sites is 1. The summed E-state index contributed by atoms with van der Waals surface area (Å²) in [6.45, 7) is -0.342. The molecule has 0 unspecified atom stereocenters. The molecular weight excluding hydrogens is 643 g/mol. The minimum atomic E-state index is -1.61. The summed E-state index contributed by atoms with van der Waals surface area (Å²) in [7, 11) is 0. The van der Waals surface area contributed by atoms with Gasteiger partial charge in [-0.3, -0.25) is 24.6 Å². The van der Waals surface area contributed by atoms with Crippen molar-refractivity contribution >= 4 is 46.9 Å². The van der Waals surface area contributed by atoms with E-state index in [0.29, 0.717) is 32.4 Å². The van der Waals surface area contributed by atoms with Gasteiger partial charge in [0.1, 0.15) is 18.2 Å². The first-order valence-corrected chi connectivity index (χ1v) is 15.8. The van der Waals surface area contributed by atoms with Crippen molar-refractivity contribution in [1.29, 1.82) is 0 Å². The lowest BCUT2D eigenvalue weighted by Crippen LogP contribution is -2.53. The van der Waals surface area contributed by atoms with Gasteiger partial charge >= 0.3 is 6.03 Å². The van der Waals surface area contributed by atoms with E-state index in [2.05, 4.69) is 5.43 Å². The predicted molar refractivity (Wildman–Crippen MR) is 169 cm³/mol. The van der Waals surface area contributed by atoms with E-state index >= 15 is 4.79 Å². The number of allylic oxidation sites excluding steroid dienone is 2. The van der Waals surface area contributed by atoms with E-state index in [1.807, 2.05) is 6.08 Å². The number of amides is 6. The fraction of sp³-hybridized carbons (Fsp3) is 0.286. The molecule has 2 aliphatic heterocycles. The van der Waals surface area contributed by atoms with Crippen LogP contribution in [0.15, 0.2) is 84.4 Å². The van der Waals surface area contributed by atoms with Gasteiger partial charge in [-0.15, -0.1) is 0 Å². The molecule has 11 nitrogen and oxygen atoms in total. The minimum absolute atomic E-state index is 0.0103. The number of ether oxygens (including phenoxy) is 1.